The normalized spacial score (nSPS) is 11.5. The Balaban J connectivity index is 0.864. The third-order valence-electron chi connectivity index (χ3n) is 13.5. The van der Waals surface area contributed by atoms with Crippen molar-refractivity contribution in [3.63, 3.8) is 0 Å². The molecule has 0 spiro atoms. The summed E-state index contributed by atoms with van der Waals surface area (Å²) in [5.74, 6) is 0.638. The summed E-state index contributed by atoms with van der Waals surface area (Å²) in [6, 6.07) is 91.7. The van der Waals surface area contributed by atoms with Crippen molar-refractivity contribution in [2.24, 2.45) is 0 Å². The van der Waals surface area contributed by atoms with Gasteiger partial charge >= 0.3 is 0 Å². The van der Waals surface area contributed by atoms with E-state index in [-0.39, 0.29) is 0 Å². The van der Waals surface area contributed by atoms with Crippen LogP contribution in [-0.2, 0) is 0 Å². The summed E-state index contributed by atoms with van der Waals surface area (Å²) < 4.78 is 6.36. The zero-order valence-electron chi connectivity index (χ0n) is 37.1. The summed E-state index contributed by atoms with van der Waals surface area (Å²) in [7, 11) is 0. The van der Waals surface area contributed by atoms with Gasteiger partial charge in [-0.15, -0.1) is 0 Å². The second-order valence-corrected chi connectivity index (χ2v) is 17.5. The first-order chi connectivity index (χ1) is 33.7. The Morgan fingerprint density at radius 2 is 0.750 bits per heavy atom. The number of aromatic nitrogens is 1. The van der Waals surface area contributed by atoms with Crippen LogP contribution in [0.1, 0.15) is 0 Å². The standard InChI is InChI=1S/C65H42N2O/c1-2-15-46(16-3-1)65-66-63-38-33-52-40-51(32-37-62(52)64(63)68-65)60-28-12-21-48-39-47(31-36-61(48)60)43-29-34-53(35-30-43)67(54-22-8-19-49(41-54)58-26-10-17-44-13-4-6-24-56(44)58)55-23-9-20-50(42-55)59-27-11-18-45-14-5-7-25-57(45)59/h1-42H. The molecule has 0 radical (unpaired) electrons. The lowest BCUT2D eigenvalue weighted by atomic mass is 9.94. The topological polar surface area (TPSA) is 29.3 Å². The van der Waals surface area contributed by atoms with Crippen LogP contribution in [0.25, 0.3) is 110 Å². The third kappa shape index (κ3) is 6.97. The van der Waals surface area contributed by atoms with Crippen LogP contribution in [0.3, 0.4) is 0 Å². The summed E-state index contributed by atoms with van der Waals surface area (Å²) >= 11 is 0. The molecule has 12 aromatic carbocycles. The SMILES string of the molecule is c1ccc(-c2nc3ccc4cc(-c5cccc6cc(-c7ccc(N(c8cccc(-c9cccc%10ccccc9%10)c8)c8cccc(-c9cccc%10ccccc9%10)c8)cc7)ccc56)ccc4c3o2)cc1. The third-order valence-corrected chi connectivity index (χ3v) is 13.5. The highest BCUT2D eigenvalue weighted by Gasteiger charge is 2.18. The van der Waals surface area contributed by atoms with Gasteiger partial charge in [0.2, 0.25) is 5.89 Å². The number of hydrogen-bond donors (Lipinski definition) is 0. The molecule has 0 saturated heterocycles. The second-order valence-electron chi connectivity index (χ2n) is 17.5. The van der Waals surface area contributed by atoms with E-state index in [0.717, 1.165) is 55.6 Å². The van der Waals surface area contributed by atoms with E-state index in [1.54, 1.807) is 0 Å². The Labute approximate surface area is 394 Å². The van der Waals surface area contributed by atoms with Crippen LogP contribution in [0.15, 0.2) is 259 Å². The highest BCUT2D eigenvalue weighted by molar-refractivity contribution is 6.07. The smallest absolute Gasteiger partial charge is 0.227 e. The van der Waals surface area contributed by atoms with E-state index in [0.29, 0.717) is 5.89 Å². The lowest BCUT2D eigenvalue weighted by Gasteiger charge is -2.27. The van der Waals surface area contributed by atoms with Gasteiger partial charge < -0.3 is 9.32 Å². The number of benzene rings is 12. The van der Waals surface area contributed by atoms with E-state index in [2.05, 4.69) is 229 Å². The first kappa shape index (κ1) is 39.3. The molecule has 0 N–H and O–H groups in total. The maximum absolute atomic E-state index is 6.36. The van der Waals surface area contributed by atoms with Crippen LogP contribution in [-0.4, -0.2) is 4.98 Å². The molecule has 68 heavy (non-hydrogen) atoms. The van der Waals surface area contributed by atoms with Crippen molar-refractivity contribution < 1.29 is 4.42 Å². The van der Waals surface area contributed by atoms with E-state index in [9.17, 15) is 0 Å². The fourth-order valence-corrected chi connectivity index (χ4v) is 10.1. The maximum atomic E-state index is 6.36. The molecule has 0 unspecified atom stereocenters. The van der Waals surface area contributed by atoms with Crippen LogP contribution in [0.2, 0.25) is 0 Å². The zero-order valence-corrected chi connectivity index (χ0v) is 37.1. The Bertz CT molecular complexity index is 3900. The van der Waals surface area contributed by atoms with E-state index < -0.39 is 0 Å². The summed E-state index contributed by atoms with van der Waals surface area (Å²) in [4.78, 5) is 7.19. The molecule has 0 atom stereocenters. The molecule has 3 nitrogen and oxygen atoms in total. The highest BCUT2D eigenvalue weighted by Crippen LogP contribution is 2.42. The molecular weight excluding hydrogens is 825 g/mol. The van der Waals surface area contributed by atoms with Crippen LogP contribution in [0.5, 0.6) is 0 Å². The number of fused-ring (bicyclic) bond motifs is 6. The molecule has 0 saturated carbocycles. The number of anilines is 3. The Morgan fingerprint density at radius 3 is 1.41 bits per heavy atom. The van der Waals surface area contributed by atoms with Gasteiger partial charge in [-0.25, -0.2) is 4.98 Å². The molecular formula is C65H42N2O. The van der Waals surface area contributed by atoms with Gasteiger partial charge in [-0.05, 0) is 155 Å². The Kier molecular flexibility index (Phi) is 9.50. The van der Waals surface area contributed by atoms with Crippen molar-refractivity contribution in [3.05, 3.63) is 255 Å². The number of oxazole rings is 1. The fraction of sp³-hybridized carbons (Fsp3) is 0. The molecule has 0 aliphatic heterocycles. The quantitative estimate of drug-likeness (QED) is 0.152. The van der Waals surface area contributed by atoms with Gasteiger partial charge in [0.15, 0.2) is 5.58 Å². The largest absolute Gasteiger partial charge is 0.435 e. The van der Waals surface area contributed by atoms with Gasteiger partial charge in [0.25, 0.3) is 0 Å². The molecule has 1 heterocycles. The van der Waals surface area contributed by atoms with Crippen LogP contribution in [0, 0.1) is 0 Å². The minimum atomic E-state index is 0.638. The van der Waals surface area contributed by atoms with Crippen molar-refractivity contribution in [1.82, 2.24) is 4.98 Å². The van der Waals surface area contributed by atoms with Gasteiger partial charge in [0, 0.05) is 28.0 Å². The summed E-state index contributed by atoms with van der Waals surface area (Å²) in [6.45, 7) is 0. The number of rotatable bonds is 8. The monoisotopic (exact) mass is 866 g/mol. The lowest BCUT2D eigenvalue weighted by molar-refractivity contribution is 0.623. The van der Waals surface area contributed by atoms with Crippen LogP contribution < -0.4 is 4.90 Å². The van der Waals surface area contributed by atoms with Gasteiger partial charge in [-0.3, -0.25) is 0 Å². The molecule has 1 aromatic heterocycles. The summed E-state index contributed by atoms with van der Waals surface area (Å²) in [5.41, 5.74) is 15.4. The fourth-order valence-electron chi connectivity index (χ4n) is 10.1. The Morgan fingerprint density at radius 1 is 0.279 bits per heavy atom. The van der Waals surface area contributed by atoms with Gasteiger partial charge in [0.1, 0.15) is 5.52 Å². The lowest BCUT2D eigenvalue weighted by Crippen LogP contribution is -2.10. The minimum Gasteiger partial charge on any atom is -0.435 e. The van der Waals surface area contributed by atoms with Crippen molar-refractivity contribution >= 4 is 71.3 Å². The molecule has 13 rings (SSSR count). The molecule has 0 amide bonds. The molecule has 0 fully saturated rings. The summed E-state index contributed by atoms with van der Waals surface area (Å²) in [6.07, 6.45) is 0. The van der Waals surface area contributed by atoms with E-state index in [1.807, 2.05) is 30.3 Å². The second kappa shape index (κ2) is 16.4. The van der Waals surface area contributed by atoms with Crippen molar-refractivity contribution in [1.29, 1.82) is 0 Å². The average molecular weight is 867 g/mol. The predicted octanol–water partition coefficient (Wildman–Crippen LogP) is 18.2. The maximum Gasteiger partial charge on any atom is 0.227 e. The van der Waals surface area contributed by atoms with E-state index >= 15 is 0 Å². The van der Waals surface area contributed by atoms with E-state index in [1.165, 1.54) is 65.7 Å². The highest BCUT2D eigenvalue weighted by atomic mass is 16.3. The number of hydrogen-bond acceptors (Lipinski definition) is 3. The predicted molar refractivity (Wildman–Crippen MR) is 286 cm³/mol. The van der Waals surface area contributed by atoms with Crippen molar-refractivity contribution in [2.45, 2.75) is 0 Å². The molecule has 0 aliphatic rings. The molecule has 13 aromatic rings. The first-order valence-corrected chi connectivity index (χ1v) is 23.2. The van der Waals surface area contributed by atoms with Gasteiger partial charge in [0.05, 0.1) is 0 Å². The van der Waals surface area contributed by atoms with Crippen molar-refractivity contribution in [3.8, 4) is 56.0 Å². The molecule has 3 heteroatoms. The minimum absolute atomic E-state index is 0.638. The number of nitrogens with zero attached hydrogens (tertiary/aromatic N) is 2. The summed E-state index contributed by atoms with van der Waals surface area (Å²) in [5, 5.41) is 9.53. The average Bonchev–Trinajstić information content (AvgIpc) is 3.86. The van der Waals surface area contributed by atoms with Gasteiger partial charge in [-0.1, -0.05) is 182 Å². The molecule has 0 bridgehead atoms. The van der Waals surface area contributed by atoms with Crippen LogP contribution in [0.4, 0.5) is 17.1 Å². The zero-order chi connectivity index (χ0) is 45.0. The Hall–Kier alpha value is -9.05. The van der Waals surface area contributed by atoms with E-state index in [4.69, 9.17) is 9.40 Å². The van der Waals surface area contributed by atoms with Gasteiger partial charge in [-0.2, -0.15) is 0 Å². The molecule has 318 valence electrons. The first-order valence-electron chi connectivity index (χ1n) is 23.2. The van der Waals surface area contributed by atoms with Crippen molar-refractivity contribution in [2.75, 3.05) is 4.90 Å². The molecule has 0 aliphatic carbocycles. The van der Waals surface area contributed by atoms with Crippen LogP contribution >= 0.6 is 0 Å².